The molecule has 1 spiro atoms. The van der Waals surface area contributed by atoms with E-state index in [9.17, 15) is 22.4 Å². The zero-order chi connectivity index (χ0) is 24.6. The lowest BCUT2D eigenvalue weighted by Gasteiger charge is -2.35. The standard InChI is InChI=1S/C23H22F4N6O2/c24-17-3-1-2-4-18(17)33-10-7-19(31-33)28-11-15-5-8-22(9-6-15)14-32(21(34)35-22)16-12-29-20(30-13-16)23(25,26)27/h1-4,7,10,12-13,15H,5-6,8-9,11,14H2,(H,28,31). The van der Waals surface area contributed by atoms with Gasteiger partial charge < -0.3 is 10.1 Å². The van der Waals surface area contributed by atoms with Crippen molar-refractivity contribution < 1.29 is 27.1 Å². The summed E-state index contributed by atoms with van der Waals surface area (Å²) in [5, 5.41) is 7.66. The van der Waals surface area contributed by atoms with Crippen LogP contribution in [0, 0.1) is 11.7 Å². The van der Waals surface area contributed by atoms with Crippen LogP contribution in [-0.2, 0) is 10.9 Å². The van der Waals surface area contributed by atoms with Gasteiger partial charge in [0.2, 0.25) is 5.82 Å². The third-order valence-electron chi connectivity index (χ3n) is 6.45. The Balaban J connectivity index is 1.15. The Hall–Kier alpha value is -3.70. The molecule has 1 saturated carbocycles. The number of rotatable bonds is 5. The number of nitrogens with one attached hydrogen (secondary N) is 1. The number of carbonyl (C=O) groups is 1. The second kappa shape index (κ2) is 8.82. The van der Waals surface area contributed by atoms with Crippen LogP contribution in [0.5, 0.6) is 0 Å². The van der Waals surface area contributed by atoms with Crippen LogP contribution in [-0.4, -0.2) is 44.5 Å². The van der Waals surface area contributed by atoms with Crippen LogP contribution >= 0.6 is 0 Å². The molecule has 12 heteroatoms. The molecule has 3 aromatic rings. The first-order valence-corrected chi connectivity index (χ1v) is 11.2. The minimum atomic E-state index is -4.65. The second-order valence-electron chi connectivity index (χ2n) is 8.82. The number of hydrogen-bond acceptors (Lipinski definition) is 6. The first kappa shape index (κ1) is 23.1. The SMILES string of the molecule is O=C1OC2(CCC(CNc3ccn(-c4ccccc4F)n3)CC2)CN1c1cnc(C(F)(F)F)nc1. The molecule has 1 aliphatic carbocycles. The van der Waals surface area contributed by atoms with Gasteiger partial charge in [0.15, 0.2) is 0 Å². The summed E-state index contributed by atoms with van der Waals surface area (Å²) in [4.78, 5) is 20.4. The Morgan fingerprint density at radius 3 is 2.51 bits per heavy atom. The lowest BCUT2D eigenvalue weighted by atomic mass is 9.78. The maximum atomic E-state index is 14.0. The number of hydrogen-bond donors (Lipinski definition) is 1. The van der Waals surface area contributed by atoms with Crippen LogP contribution in [0.15, 0.2) is 48.9 Å². The van der Waals surface area contributed by atoms with Crippen LogP contribution in [0.3, 0.4) is 0 Å². The number of carbonyl (C=O) groups excluding carboxylic acids is 1. The first-order chi connectivity index (χ1) is 16.7. The molecule has 8 nitrogen and oxygen atoms in total. The van der Waals surface area contributed by atoms with Crippen LogP contribution in [0.25, 0.3) is 5.69 Å². The minimum absolute atomic E-state index is 0.175. The molecular weight excluding hydrogens is 468 g/mol. The van der Waals surface area contributed by atoms with Crippen molar-refractivity contribution >= 4 is 17.6 Å². The van der Waals surface area contributed by atoms with E-state index in [0.29, 0.717) is 36.8 Å². The summed E-state index contributed by atoms with van der Waals surface area (Å²) in [7, 11) is 0. The van der Waals surface area contributed by atoms with Crippen molar-refractivity contribution in [2.75, 3.05) is 23.3 Å². The van der Waals surface area contributed by atoms with Crippen molar-refractivity contribution in [3.63, 3.8) is 0 Å². The van der Waals surface area contributed by atoms with E-state index < -0.39 is 23.7 Å². The summed E-state index contributed by atoms with van der Waals surface area (Å²) in [6.45, 7) is 0.905. The van der Waals surface area contributed by atoms with Crippen LogP contribution < -0.4 is 10.2 Å². The van der Waals surface area contributed by atoms with Crippen LogP contribution in [0.4, 0.5) is 33.9 Å². The summed E-state index contributed by atoms with van der Waals surface area (Å²) in [5.74, 6) is -0.659. The van der Waals surface area contributed by atoms with Gasteiger partial charge in [-0.2, -0.15) is 18.3 Å². The molecule has 2 aromatic heterocycles. The van der Waals surface area contributed by atoms with Crippen molar-refractivity contribution in [1.29, 1.82) is 0 Å². The molecule has 1 N–H and O–H groups in total. The van der Waals surface area contributed by atoms with E-state index in [0.717, 1.165) is 25.2 Å². The van der Waals surface area contributed by atoms with Gasteiger partial charge in [-0.05, 0) is 43.7 Å². The summed E-state index contributed by atoms with van der Waals surface area (Å²) in [6.07, 6.45) is 1.28. The Kier molecular flexibility index (Phi) is 5.81. The summed E-state index contributed by atoms with van der Waals surface area (Å²) >= 11 is 0. The number of nitrogens with zero attached hydrogens (tertiary/aromatic N) is 5. The molecule has 0 bridgehead atoms. The average Bonchev–Trinajstić information content (AvgIpc) is 3.43. The average molecular weight is 490 g/mol. The van der Waals surface area contributed by atoms with Crippen molar-refractivity contribution in [2.24, 2.45) is 5.92 Å². The smallest absolute Gasteiger partial charge is 0.441 e. The Morgan fingerprint density at radius 2 is 1.83 bits per heavy atom. The van der Waals surface area contributed by atoms with Crippen molar-refractivity contribution in [2.45, 2.75) is 37.5 Å². The molecule has 184 valence electrons. The number of alkyl halides is 3. The maximum Gasteiger partial charge on any atom is 0.451 e. The molecule has 35 heavy (non-hydrogen) atoms. The lowest BCUT2D eigenvalue weighted by molar-refractivity contribution is -0.144. The van der Waals surface area contributed by atoms with Gasteiger partial charge in [0.25, 0.3) is 0 Å². The molecule has 3 heterocycles. The highest BCUT2D eigenvalue weighted by molar-refractivity contribution is 5.89. The Bertz CT molecular complexity index is 1210. The topological polar surface area (TPSA) is 85.2 Å². The zero-order valence-electron chi connectivity index (χ0n) is 18.5. The third-order valence-corrected chi connectivity index (χ3v) is 6.45. The highest BCUT2D eigenvalue weighted by Crippen LogP contribution is 2.41. The molecule has 1 saturated heterocycles. The number of benzene rings is 1. The van der Waals surface area contributed by atoms with Gasteiger partial charge >= 0.3 is 12.3 Å². The molecule has 0 radical (unpaired) electrons. The normalized spacial score (nSPS) is 22.5. The lowest BCUT2D eigenvalue weighted by Crippen LogP contribution is -2.39. The molecule has 2 fully saturated rings. The van der Waals surface area contributed by atoms with Crippen LogP contribution in [0.2, 0.25) is 0 Å². The van der Waals surface area contributed by atoms with E-state index in [-0.39, 0.29) is 18.0 Å². The fraction of sp³-hybridized carbons (Fsp3) is 0.391. The number of anilines is 2. The summed E-state index contributed by atoms with van der Waals surface area (Å²) in [6, 6.07) is 8.17. The fourth-order valence-corrected chi connectivity index (χ4v) is 4.54. The number of aromatic nitrogens is 4. The molecule has 5 rings (SSSR count). The molecule has 0 atom stereocenters. The molecule has 1 amide bonds. The molecule has 2 aliphatic rings. The molecular formula is C23H22F4N6O2. The number of amides is 1. The zero-order valence-corrected chi connectivity index (χ0v) is 18.5. The van der Waals surface area contributed by atoms with E-state index >= 15 is 0 Å². The predicted molar refractivity (Wildman–Crippen MR) is 118 cm³/mol. The number of halogens is 4. The summed E-state index contributed by atoms with van der Waals surface area (Å²) < 4.78 is 59.2. The van der Waals surface area contributed by atoms with E-state index in [1.807, 2.05) is 0 Å². The van der Waals surface area contributed by atoms with E-state index in [1.165, 1.54) is 15.6 Å². The van der Waals surface area contributed by atoms with Gasteiger partial charge in [-0.15, -0.1) is 0 Å². The summed E-state index contributed by atoms with van der Waals surface area (Å²) in [5.41, 5.74) is -0.136. The highest BCUT2D eigenvalue weighted by atomic mass is 19.4. The largest absolute Gasteiger partial charge is 0.451 e. The van der Waals surface area contributed by atoms with Gasteiger partial charge in [-0.25, -0.2) is 23.8 Å². The van der Waals surface area contributed by atoms with Gasteiger partial charge in [-0.3, -0.25) is 4.90 Å². The highest BCUT2D eigenvalue weighted by Gasteiger charge is 2.48. The van der Waals surface area contributed by atoms with Gasteiger partial charge in [-0.1, -0.05) is 12.1 Å². The second-order valence-corrected chi connectivity index (χ2v) is 8.82. The Labute approximate surface area is 197 Å². The number of ether oxygens (including phenoxy) is 1. The minimum Gasteiger partial charge on any atom is -0.441 e. The van der Waals surface area contributed by atoms with Crippen LogP contribution in [0.1, 0.15) is 31.5 Å². The first-order valence-electron chi connectivity index (χ1n) is 11.2. The fourth-order valence-electron chi connectivity index (χ4n) is 4.54. The maximum absolute atomic E-state index is 14.0. The van der Waals surface area contributed by atoms with Crippen molar-refractivity contribution in [1.82, 2.24) is 19.7 Å². The predicted octanol–water partition coefficient (Wildman–Crippen LogP) is 4.82. The number of para-hydroxylation sites is 1. The van der Waals surface area contributed by atoms with Gasteiger partial charge in [0, 0.05) is 18.8 Å². The molecule has 1 aliphatic heterocycles. The van der Waals surface area contributed by atoms with Gasteiger partial charge in [0.1, 0.15) is 22.9 Å². The molecule has 0 unspecified atom stereocenters. The van der Waals surface area contributed by atoms with E-state index in [2.05, 4.69) is 20.4 Å². The van der Waals surface area contributed by atoms with Crippen molar-refractivity contribution in [3.05, 3.63) is 60.6 Å². The molecule has 1 aromatic carbocycles. The third kappa shape index (κ3) is 4.77. The van der Waals surface area contributed by atoms with Crippen molar-refractivity contribution in [3.8, 4) is 5.69 Å². The quantitative estimate of drug-likeness (QED) is 0.517. The Morgan fingerprint density at radius 1 is 1.11 bits per heavy atom. The van der Waals surface area contributed by atoms with E-state index in [1.54, 1.807) is 30.5 Å². The van der Waals surface area contributed by atoms with Gasteiger partial charge in [0.05, 0.1) is 24.6 Å². The monoisotopic (exact) mass is 490 g/mol. The van der Waals surface area contributed by atoms with E-state index in [4.69, 9.17) is 4.74 Å².